The monoisotopic (exact) mass is 289 g/mol. The van der Waals surface area contributed by atoms with Gasteiger partial charge in [-0.1, -0.05) is 43.6 Å². The lowest BCUT2D eigenvalue weighted by atomic mass is 10.1. The number of hydrogen-bond acceptors (Lipinski definition) is 3. The van der Waals surface area contributed by atoms with Gasteiger partial charge < -0.3 is 5.32 Å². The van der Waals surface area contributed by atoms with Gasteiger partial charge in [-0.2, -0.15) is 0 Å². The molecular formula is C16H20ClN3. The molecule has 0 spiro atoms. The van der Waals surface area contributed by atoms with Crippen LogP contribution in [0.5, 0.6) is 0 Å². The van der Waals surface area contributed by atoms with Crippen LogP contribution in [0.25, 0.3) is 0 Å². The number of benzene rings is 1. The number of halogens is 1. The van der Waals surface area contributed by atoms with E-state index in [0.29, 0.717) is 12.3 Å². The van der Waals surface area contributed by atoms with E-state index in [1.165, 1.54) is 0 Å². The van der Waals surface area contributed by atoms with Crippen molar-refractivity contribution in [1.29, 1.82) is 0 Å². The summed E-state index contributed by atoms with van der Waals surface area (Å²) in [5.41, 5.74) is 2.11. The van der Waals surface area contributed by atoms with E-state index in [2.05, 4.69) is 36.1 Å². The topological polar surface area (TPSA) is 37.8 Å². The Bertz CT molecular complexity index is 582. The van der Waals surface area contributed by atoms with Gasteiger partial charge in [0.1, 0.15) is 11.6 Å². The third-order valence-corrected chi connectivity index (χ3v) is 3.42. The first-order chi connectivity index (χ1) is 9.60. The summed E-state index contributed by atoms with van der Waals surface area (Å²) in [6.07, 6.45) is 0.651. The Kier molecular flexibility index (Phi) is 4.96. The molecule has 0 aliphatic carbocycles. The van der Waals surface area contributed by atoms with Gasteiger partial charge in [0.05, 0.1) is 0 Å². The largest absolute Gasteiger partial charge is 0.370 e. The fourth-order valence-corrected chi connectivity index (χ4v) is 2.18. The Hall–Kier alpha value is -1.61. The van der Waals surface area contributed by atoms with Gasteiger partial charge in [-0.25, -0.2) is 9.97 Å². The number of anilines is 1. The van der Waals surface area contributed by atoms with Crippen molar-refractivity contribution >= 4 is 17.4 Å². The maximum atomic E-state index is 6.21. The van der Waals surface area contributed by atoms with Crippen LogP contribution in [0.15, 0.2) is 30.3 Å². The second-order valence-electron chi connectivity index (χ2n) is 5.05. The molecule has 1 aromatic heterocycles. The third kappa shape index (κ3) is 3.70. The molecule has 0 saturated carbocycles. The van der Waals surface area contributed by atoms with Gasteiger partial charge in [0.25, 0.3) is 0 Å². The van der Waals surface area contributed by atoms with Crippen molar-refractivity contribution in [2.75, 3.05) is 11.9 Å². The van der Waals surface area contributed by atoms with Gasteiger partial charge in [-0.15, -0.1) is 0 Å². The zero-order chi connectivity index (χ0) is 14.5. The van der Waals surface area contributed by atoms with E-state index >= 15 is 0 Å². The van der Waals surface area contributed by atoms with Gasteiger partial charge in [-0.3, -0.25) is 0 Å². The fourth-order valence-electron chi connectivity index (χ4n) is 1.98. The van der Waals surface area contributed by atoms with Crippen molar-refractivity contribution in [3.63, 3.8) is 0 Å². The van der Waals surface area contributed by atoms with E-state index in [1.54, 1.807) is 0 Å². The molecule has 0 atom stereocenters. The molecule has 0 aliphatic rings. The highest BCUT2D eigenvalue weighted by atomic mass is 35.5. The van der Waals surface area contributed by atoms with E-state index in [-0.39, 0.29) is 0 Å². The van der Waals surface area contributed by atoms with Gasteiger partial charge in [-0.05, 0) is 24.5 Å². The lowest BCUT2D eigenvalue weighted by Crippen LogP contribution is -2.07. The minimum Gasteiger partial charge on any atom is -0.370 e. The van der Waals surface area contributed by atoms with Crippen LogP contribution in [0, 0.1) is 0 Å². The summed E-state index contributed by atoms with van der Waals surface area (Å²) in [5.74, 6) is 2.06. The van der Waals surface area contributed by atoms with E-state index in [0.717, 1.165) is 34.5 Å². The van der Waals surface area contributed by atoms with E-state index in [9.17, 15) is 0 Å². The van der Waals surface area contributed by atoms with Gasteiger partial charge in [0.2, 0.25) is 0 Å². The lowest BCUT2D eigenvalue weighted by molar-refractivity contribution is 0.792. The van der Waals surface area contributed by atoms with Crippen LogP contribution in [0.1, 0.15) is 43.8 Å². The van der Waals surface area contributed by atoms with Crippen LogP contribution in [0.3, 0.4) is 0 Å². The molecule has 1 N–H and O–H groups in total. The number of nitrogens with zero attached hydrogens (tertiary/aromatic N) is 2. The average molecular weight is 290 g/mol. The van der Waals surface area contributed by atoms with E-state index < -0.39 is 0 Å². The molecule has 1 heterocycles. The quantitative estimate of drug-likeness (QED) is 0.893. The number of nitrogens with one attached hydrogen (secondary N) is 1. The highest BCUT2D eigenvalue weighted by Crippen LogP contribution is 2.20. The summed E-state index contributed by atoms with van der Waals surface area (Å²) in [6, 6.07) is 9.85. The second kappa shape index (κ2) is 6.71. The Morgan fingerprint density at radius 2 is 1.95 bits per heavy atom. The Balaban J connectivity index is 2.33. The van der Waals surface area contributed by atoms with Crippen molar-refractivity contribution in [1.82, 2.24) is 9.97 Å². The van der Waals surface area contributed by atoms with Gasteiger partial charge in [0, 0.05) is 29.7 Å². The molecule has 4 heteroatoms. The molecule has 2 rings (SSSR count). The predicted octanol–water partition coefficient (Wildman–Crippen LogP) is 4.28. The molecule has 0 unspecified atom stereocenters. The number of rotatable bonds is 5. The van der Waals surface area contributed by atoms with Crippen LogP contribution < -0.4 is 5.32 Å². The Morgan fingerprint density at radius 3 is 2.60 bits per heavy atom. The molecule has 0 aliphatic heterocycles. The highest BCUT2D eigenvalue weighted by molar-refractivity contribution is 6.31. The zero-order valence-electron chi connectivity index (χ0n) is 12.2. The standard InChI is InChI=1S/C16H20ClN3/c1-4-18-15-10-14(11(2)3)19-16(20-15)9-12-7-5-6-8-13(12)17/h5-8,10-11H,4,9H2,1-3H3,(H,18,19,20). The van der Waals surface area contributed by atoms with Crippen molar-refractivity contribution in [2.45, 2.75) is 33.1 Å². The molecule has 3 nitrogen and oxygen atoms in total. The maximum absolute atomic E-state index is 6.21. The summed E-state index contributed by atoms with van der Waals surface area (Å²) in [5, 5.41) is 4.02. The van der Waals surface area contributed by atoms with Crippen molar-refractivity contribution in [3.05, 3.63) is 52.4 Å². The van der Waals surface area contributed by atoms with Crippen LogP contribution in [0.4, 0.5) is 5.82 Å². The third-order valence-electron chi connectivity index (χ3n) is 3.05. The molecule has 0 bridgehead atoms. The minimum atomic E-state index is 0.375. The van der Waals surface area contributed by atoms with Crippen molar-refractivity contribution in [2.24, 2.45) is 0 Å². The maximum Gasteiger partial charge on any atom is 0.135 e. The predicted molar refractivity (Wildman–Crippen MR) is 84.5 cm³/mol. The molecule has 0 fully saturated rings. The minimum absolute atomic E-state index is 0.375. The zero-order valence-corrected chi connectivity index (χ0v) is 12.9. The molecule has 1 aromatic carbocycles. The normalized spacial score (nSPS) is 10.8. The van der Waals surface area contributed by atoms with E-state index in [1.807, 2.05) is 30.3 Å². The fraction of sp³-hybridized carbons (Fsp3) is 0.375. The Morgan fingerprint density at radius 1 is 1.20 bits per heavy atom. The summed E-state index contributed by atoms with van der Waals surface area (Å²) in [4.78, 5) is 9.20. The van der Waals surface area contributed by atoms with E-state index in [4.69, 9.17) is 11.6 Å². The average Bonchev–Trinajstić information content (AvgIpc) is 2.41. The highest BCUT2D eigenvalue weighted by Gasteiger charge is 2.09. The SMILES string of the molecule is CCNc1cc(C(C)C)nc(Cc2ccccc2Cl)n1. The number of aromatic nitrogens is 2. The van der Waals surface area contributed by atoms with Crippen molar-refractivity contribution < 1.29 is 0 Å². The summed E-state index contributed by atoms with van der Waals surface area (Å²) >= 11 is 6.21. The molecule has 0 saturated heterocycles. The van der Waals surface area contributed by atoms with Crippen LogP contribution in [0.2, 0.25) is 5.02 Å². The summed E-state index contributed by atoms with van der Waals surface area (Å²) in [7, 11) is 0. The second-order valence-corrected chi connectivity index (χ2v) is 5.45. The molecular weight excluding hydrogens is 270 g/mol. The first-order valence-corrected chi connectivity index (χ1v) is 7.33. The summed E-state index contributed by atoms with van der Waals surface area (Å²) < 4.78 is 0. The lowest BCUT2D eigenvalue weighted by Gasteiger charge is -2.11. The summed E-state index contributed by atoms with van der Waals surface area (Å²) in [6.45, 7) is 7.18. The Labute approximate surface area is 125 Å². The molecule has 2 aromatic rings. The number of hydrogen-bond donors (Lipinski definition) is 1. The molecule has 106 valence electrons. The molecule has 20 heavy (non-hydrogen) atoms. The first kappa shape index (κ1) is 14.8. The van der Waals surface area contributed by atoms with Crippen LogP contribution >= 0.6 is 11.6 Å². The van der Waals surface area contributed by atoms with Crippen molar-refractivity contribution in [3.8, 4) is 0 Å². The van der Waals surface area contributed by atoms with Crippen LogP contribution in [-0.2, 0) is 6.42 Å². The molecule has 0 radical (unpaired) electrons. The van der Waals surface area contributed by atoms with Gasteiger partial charge in [0.15, 0.2) is 0 Å². The molecule has 0 amide bonds. The van der Waals surface area contributed by atoms with Crippen LogP contribution in [-0.4, -0.2) is 16.5 Å². The first-order valence-electron chi connectivity index (χ1n) is 6.95. The van der Waals surface area contributed by atoms with Gasteiger partial charge >= 0.3 is 0 Å². The smallest absolute Gasteiger partial charge is 0.135 e.